The van der Waals surface area contributed by atoms with E-state index in [-0.39, 0.29) is 17.4 Å². The molecule has 0 aliphatic carbocycles. The first-order chi connectivity index (χ1) is 18.2. The van der Waals surface area contributed by atoms with Crippen molar-refractivity contribution >= 4 is 50.1 Å². The van der Waals surface area contributed by atoms with Crippen LogP contribution in [0.2, 0.25) is 0 Å². The lowest BCUT2D eigenvalue weighted by atomic mass is 10.1. The Morgan fingerprint density at radius 3 is 2.55 bits per heavy atom. The fourth-order valence-corrected chi connectivity index (χ4v) is 7.56. The first kappa shape index (κ1) is 26.6. The molecule has 2 aliphatic heterocycles. The molecular formula is C28H29N3O4S3. The van der Waals surface area contributed by atoms with Crippen LogP contribution in [0.5, 0.6) is 5.75 Å². The highest BCUT2D eigenvalue weighted by Crippen LogP contribution is 2.38. The lowest BCUT2D eigenvalue weighted by Crippen LogP contribution is -2.39. The number of aromatic nitrogens is 2. The maximum absolute atomic E-state index is 13.3. The summed E-state index contributed by atoms with van der Waals surface area (Å²) >= 11 is 6.70. The summed E-state index contributed by atoms with van der Waals surface area (Å²) in [6.45, 7) is 5.00. The van der Waals surface area contributed by atoms with Gasteiger partial charge in [-0.05, 0) is 61.2 Å². The Balaban J connectivity index is 1.46. The van der Waals surface area contributed by atoms with Crippen LogP contribution in [0, 0.1) is 5.92 Å². The van der Waals surface area contributed by atoms with E-state index in [9.17, 15) is 13.2 Å². The van der Waals surface area contributed by atoms with Crippen molar-refractivity contribution in [3.05, 3.63) is 71.3 Å². The highest BCUT2D eigenvalue weighted by molar-refractivity contribution is 8.26. The lowest BCUT2D eigenvalue weighted by Gasteiger charge is -2.20. The molecule has 2 aliphatic rings. The molecule has 0 radical (unpaired) electrons. The van der Waals surface area contributed by atoms with Crippen LogP contribution in [-0.2, 0) is 14.6 Å². The Hall–Kier alpha value is -2.95. The Morgan fingerprint density at radius 1 is 1.16 bits per heavy atom. The minimum atomic E-state index is -3.15. The van der Waals surface area contributed by atoms with Crippen LogP contribution in [0.15, 0.2) is 65.7 Å². The van der Waals surface area contributed by atoms with Gasteiger partial charge in [0.05, 0.1) is 40.4 Å². The zero-order valence-electron chi connectivity index (χ0n) is 21.2. The molecule has 0 unspecified atom stereocenters. The monoisotopic (exact) mass is 567 g/mol. The number of para-hydroxylation sites is 1. The summed E-state index contributed by atoms with van der Waals surface area (Å²) in [6, 6.07) is 17.2. The van der Waals surface area contributed by atoms with Gasteiger partial charge in [-0.15, -0.1) is 0 Å². The second-order valence-electron chi connectivity index (χ2n) is 9.88. The van der Waals surface area contributed by atoms with Crippen LogP contribution in [0.25, 0.3) is 23.0 Å². The normalized spacial score (nSPS) is 20.1. The molecular weight excluding hydrogens is 539 g/mol. The number of rotatable bonds is 8. The topological polar surface area (TPSA) is 81.5 Å². The van der Waals surface area contributed by atoms with Gasteiger partial charge in [-0.25, -0.2) is 13.1 Å². The van der Waals surface area contributed by atoms with E-state index in [0.717, 1.165) is 34.7 Å². The van der Waals surface area contributed by atoms with E-state index in [2.05, 4.69) is 13.8 Å². The summed E-state index contributed by atoms with van der Waals surface area (Å²) in [5.74, 6) is 1.15. The van der Waals surface area contributed by atoms with E-state index >= 15 is 0 Å². The molecule has 0 spiro atoms. The Kier molecular flexibility index (Phi) is 7.74. The maximum Gasteiger partial charge on any atom is 0.266 e. The maximum atomic E-state index is 13.3. The van der Waals surface area contributed by atoms with Crippen LogP contribution in [0.1, 0.15) is 32.3 Å². The second-order valence-corrected chi connectivity index (χ2v) is 13.8. The molecule has 10 heteroatoms. The van der Waals surface area contributed by atoms with Crippen molar-refractivity contribution in [2.45, 2.75) is 32.7 Å². The molecule has 5 rings (SSSR count). The quantitative estimate of drug-likeness (QED) is 0.268. The number of thioether (sulfide) groups is 1. The third kappa shape index (κ3) is 5.87. The predicted molar refractivity (Wildman–Crippen MR) is 156 cm³/mol. The van der Waals surface area contributed by atoms with Gasteiger partial charge in [0.1, 0.15) is 10.1 Å². The molecule has 38 heavy (non-hydrogen) atoms. The first-order valence-corrected chi connectivity index (χ1v) is 15.6. The Morgan fingerprint density at radius 2 is 1.89 bits per heavy atom. The van der Waals surface area contributed by atoms with Crippen molar-refractivity contribution in [3.63, 3.8) is 0 Å². The van der Waals surface area contributed by atoms with E-state index in [1.807, 2.05) is 60.8 Å². The van der Waals surface area contributed by atoms with Gasteiger partial charge in [-0.1, -0.05) is 56.0 Å². The van der Waals surface area contributed by atoms with Gasteiger partial charge in [0, 0.05) is 17.3 Å². The van der Waals surface area contributed by atoms with Gasteiger partial charge >= 0.3 is 0 Å². The molecule has 2 aromatic carbocycles. The standard InChI is InChI=1S/C28H29N3O4S3/c1-19(2)12-14-35-24-10-8-20(9-11-24)26-21(17-30(29-26)22-6-4-3-5-7-22)16-25-27(32)31(28(36)37-25)23-13-15-38(33,34)18-23/h3-11,16-17,19,23H,12-15,18H2,1-2H3/b25-16+/t23-/m0/s1. The van der Waals surface area contributed by atoms with E-state index < -0.39 is 15.9 Å². The van der Waals surface area contributed by atoms with Gasteiger partial charge < -0.3 is 4.74 Å². The highest BCUT2D eigenvalue weighted by Gasteiger charge is 2.42. The largest absolute Gasteiger partial charge is 0.494 e. The zero-order chi connectivity index (χ0) is 26.9. The summed E-state index contributed by atoms with van der Waals surface area (Å²) in [7, 11) is -3.15. The minimum absolute atomic E-state index is 0.0461. The number of thiocarbonyl (C=S) groups is 1. The Labute approximate surface area is 232 Å². The van der Waals surface area contributed by atoms with Gasteiger partial charge in [0.2, 0.25) is 0 Å². The van der Waals surface area contributed by atoms with Crippen molar-refractivity contribution in [3.8, 4) is 22.7 Å². The summed E-state index contributed by atoms with van der Waals surface area (Å²) < 4.78 is 32.1. The number of amides is 1. The van der Waals surface area contributed by atoms with Gasteiger partial charge in [0.15, 0.2) is 9.84 Å². The molecule has 2 saturated heterocycles. The minimum Gasteiger partial charge on any atom is -0.494 e. The lowest BCUT2D eigenvalue weighted by molar-refractivity contribution is -0.123. The van der Waals surface area contributed by atoms with E-state index in [0.29, 0.717) is 28.2 Å². The molecule has 7 nitrogen and oxygen atoms in total. The molecule has 1 amide bonds. The number of benzene rings is 2. The van der Waals surface area contributed by atoms with E-state index in [1.54, 1.807) is 10.8 Å². The average molecular weight is 568 g/mol. The van der Waals surface area contributed by atoms with E-state index in [4.69, 9.17) is 22.1 Å². The van der Waals surface area contributed by atoms with Crippen molar-refractivity contribution in [1.29, 1.82) is 0 Å². The van der Waals surface area contributed by atoms with Crippen molar-refractivity contribution < 1.29 is 17.9 Å². The Bertz CT molecular complexity index is 1480. The molecule has 1 atom stereocenters. The van der Waals surface area contributed by atoms with Crippen LogP contribution in [-0.4, -0.2) is 57.5 Å². The number of carbonyl (C=O) groups excluding carboxylic acids is 1. The third-order valence-corrected chi connectivity index (χ3v) is 9.62. The summed E-state index contributed by atoms with van der Waals surface area (Å²) in [6.07, 6.45) is 5.09. The molecule has 0 bridgehead atoms. The van der Waals surface area contributed by atoms with Crippen molar-refractivity contribution in [2.24, 2.45) is 5.92 Å². The summed E-state index contributed by atoms with van der Waals surface area (Å²) in [5.41, 5.74) is 3.27. The third-order valence-electron chi connectivity index (χ3n) is 6.54. The van der Waals surface area contributed by atoms with Crippen LogP contribution < -0.4 is 4.74 Å². The number of nitrogens with zero attached hydrogens (tertiary/aromatic N) is 3. The molecule has 0 N–H and O–H groups in total. The van der Waals surface area contributed by atoms with Gasteiger partial charge in [0.25, 0.3) is 5.91 Å². The first-order valence-electron chi connectivity index (χ1n) is 12.6. The summed E-state index contributed by atoms with van der Waals surface area (Å²) in [5, 5.41) is 4.85. The number of carbonyl (C=O) groups is 1. The number of sulfone groups is 1. The van der Waals surface area contributed by atoms with Gasteiger partial charge in [-0.2, -0.15) is 5.10 Å². The molecule has 3 heterocycles. The fourth-order valence-electron chi connectivity index (χ4n) is 4.47. The molecule has 2 fully saturated rings. The SMILES string of the molecule is CC(C)CCOc1ccc(-c2nn(-c3ccccc3)cc2/C=C2/SC(=S)N([C@H]3CCS(=O)(=O)C3)C2=O)cc1. The highest BCUT2D eigenvalue weighted by atomic mass is 32.2. The fraction of sp³-hybridized carbons (Fsp3) is 0.321. The van der Waals surface area contributed by atoms with Crippen LogP contribution in [0.4, 0.5) is 0 Å². The average Bonchev–Trinajstić information content (AvgIpc) is 3.55. The summed E-state index contributed by atoms with van der Waals surface area (Å²) in [4.78, 5) is 15.3. The second kappa shape index (κ2) is 11.0. The predicted octanol–water partition coefficient (Wildman–Crippen LogP) is 5.35. The molecule has 1 aromatic heterocycles. The van der Waals surface area contributed by atoms with Crippen molar-refractivity contribution in [1.82, 2.24) is 14.7 Å². The zero-order valence-corrected chi connectivity index (χ0v) is 23.7. The van der Waals surface area contributed by atoms with Crippen LogP contribution in [0.3, 0.4) is 0 Å². The molecule has 198 valence electrons. The smallest absolute Gasteiger partial charge is 0.266 e. The van der Waals surface area contributed by atoms with Crippen LogP contribution >= 0.6 is 24.0 Å². The van der Waals surface area contributed by atoms with E-state index in [1.165, 1.54) is 16.7 Å². The molecule has 3 aromatic rings. The number of hydrogen-bond donors (Lipinski definition) is 0. The molecule has 0 saturated carbocycles. The number of ether oxygens (including phenoxy) is 1. The van der Waals surface area contributed by atoms with Crippen molar-refractivity contribution in [2.75, 3.05) is 18.1 Å². The van der Waals surface area contributed by atoms with Gasteiger partial charge in [-0.3, -0.25) is 9.69 Å². The number of hydrogen-bond acceptors (Lipinski definition) is 7.